The highest BCUT2D eigenvalue weighted by Crippen LogP contribution is 2.49. The van der Waals surface area contributed by atoms with Crippen molar-refractivity contribution < 1.29 is 5.11 Å². The molecule has 0 radical (unpaired) electrons. The molecule has 1 saturated carbocycles. The Bertz CT molecular complexity index is 298. The zero-order valence-corrected chi connectivity index (χ0v) is 8.12. The summed E-state index contributed by atoms with van der Waals surface area (Å²) < 4.78 is 0. The Morgan fingerprint density at radius 2 is 1.69 bits per heavy atom. The first-order chi connectivity index (χ1) is 6.15. The van der Waals surface area contributed by atoms with E-state index in [1.807, 2.05) is 12.1 Å². The Kier molecular flexibility index (Phi) is 1.81. The number of phenolic OH excluding ortho intramolecular Hbond substituents is 1. The smallest absolute Gasteiger partial charge is 0.115 e. The van der Waals surface area contributed by atoms with E-state index in [4.69, 9.17) is 5.11 Å². The van der Waals surface area contributed by atoms with E-state index in [-0.39, 0.29) is 5.54 Å². The summed E-state index contributed by atoms with van der Waals surface area (Å²) in [5, 5.41) is 9.17. The molecule has 2 heteroatoms. The Balaban J connectivity index is 2.31. The van der Waals surface area contributed by atoms with Crippen molar-refractivity contribution in [2.75, 3.05) is 14.1 Å². The third-order valence-electron chi connectivity index (χ3n) is 2.98. The number of hydrogen-bond acceptors (Lipinski definition) is 2. The van der Waals surface area contributed by atoms with Crippen molar-refractivity contribution in [2.45, 2.75) is 18.4 Å². The van der Waals surface area contributed by atoms with E-state index in [0.717, 1.165) is 0 Å². The topological polar surface area (TPSA) is 23.5 Å². The van der Waals surface area contributed by atoms with Gasteiger partial charge in [-0.25, -0.2) is 0 Å². The van der Waals surface area contributed by atoms with Gasteiger partial charge in [0.15, 0.2) is 0 Å². The van der Waals surface area contributed by atoms with Crippen molar-refractivity contribution in [1.29, 1.82) is 0 Å². The van der Waals surface area contributed by atoms with E-state index in [0.29, 0.717) is 5.75 Å². The van der Waals surface area contributed by atoms with Crippen molar-refractivity contribution in [1.82, 2.24) is 4.90 Å². The molecule has 1 aromatic rings. The van der Waals surface area contributed by atoms with Crippen LogP contribution in [0, 0.1) is 0 Å². The van der Waals surface area contributed by atoms with Crippen LogP contribution < -0.4 is 0 Å². The van der Waals surface area contributed by atoms with Crippen molar-refractivity contribution in [3.63, 3.8) is 0 Å². The Hall–Kier alpha value is -1.02. The van der Waals surface area contributed by atoms with E-state index < -0.39 is 0 Å². The molecule has 1 aromatic carbocycles. The maximum Gasteiger partial charge on any atom is 0.115 e. The molecular formula is C11H15NO. The van der Waals surface area contributed by atoms with Crippen molar-refractivity contribution in [3.8, 4) is 5.75 Å². The molecule has 0 unspecified atom stereocenters. The fraction of sp³-hybridized carbons (Fsp3) is 0.455. The molecule has 0 heterocycles. The summed E-state index contributed by atoms with van der Waals surface area (Å²) in [5.74, 6) is 0.346. The Morgan fingerprint density at radius 3 is 2.08 bits per heavy atom. The molecule has 1 fully saturated rings. The van der Waals surface area contributed by atoms with Crippen LogP contribution in [0.1, 0.15) is 18.4 Å². The van der Waals surface area contributed by atoms with Crippen LogP contribution in [0.2, 0.25) is 0 Å². The van der Waals surface area contributed by atoms with Gasteiger partial charge in [-0.15, -0.1) is 0 Å². The summed E-state index contributed by atoms with van der Waals surface area (Å²) >= 11 is 0. The second kappa shape index (κ2) is 2.74. The maximum absolute atomic E-state index is 9.17. The van der Waals surface area contributed by atoms with Crippen molar-refractivity contribution in [3.05, 3.63) is 29.8 Å². The van der Waals surface area contributed by atoms with E-state index in [1.54, 1.807) is 12.1 Å². The summed E-state index contributed by atoms with van der Waals surface area (Å²) in [5.41, 5.74) is 1.57. The molecular weight excluding hydrogens is 162 g/mol. The predicted molar refractivity (Wildman–Crippen MR) is 52.7 cm³/mol. The van der Waals surface area contributed by atoms with Crippen LogP contribution >= 0.6 is 0 Å². The van der Waals surface area contributed by atoms with Gasteiger partial charge in [-0.1, -0.05) is 12.1 Å². The molecule has 1 aliphatic rings. The number of aromatic hydroxyl groups is 1. The van der Waals surface area contributed by atoms with Crippen LogP contribution in [0.15, 0.2) is 24.3 Å². The lowest BCUT2D eigenvalue weighted by Crippen LogP contribution is -2.27. The third-order valence-corrected chi connectivity index (χ3v) is 2.98. The van der Waals surface area contributed by atoms with Crippen LogP contribution in [0.25, 0.3) is 0 Å². The highest BCUT2D eigenvalue weighted by Gasteiger charge is 2.46. The van der Waals surface area contributed by atoms with Gasteiger partial charge in [0.05, 0.1) is 0 Å². The normalized spacial score (nSPS) is 19.0. The molecule has 70 valence electrons. The monoisotopic (exact) mass is 177 g/mol. The van der Waals surface area contributed by atoms with Crippen LogP contribution in [-0.4, -0.2) is 24.1 Å². The number of hydrogen-bond donors (Lipinski definition) is 1. The highest BCUT2D eigenvalue weighted by atomic mass is 16.3. The third kappa shape index (κ3) is 1.31. The maximum atomic E-state index is 9.17. The summed E-state index contributed by atoms with van der Waals surface area (Å²) in [7, 11) is 4.22. The summed E-state index contributed by atoms with van der Waals surface area (Å²) in [6, 6.07) is 7.56. The molecule has 13 heavy (non-hydrogen) atoms. The largest absolute Gasteiger partial charge is 0.508 e. The fourth-order valence-electron chi connectivity index (χ4n) is 1.88. The Labute approximate surface area is 78.8 Å². The van der Waals surface area contributed by atoms with Crippen LogP contribution in [-0.2, 0) is 5.54 Å². The molecule has 0 saturated heterocycles. The summed E-state index contributed by atoms with van der Waals surface area (Å²) in [4.78, 5) is 2.26. The standard InChI is InChI=1S/C11H15NO/c1-12(2)11(7-8-11)9-3-5-10(13)6-4-9/h3-6,13H,7-8H2,1-2H3. The number of phenols is 1. The van der Waals surface area contributed by atoms with E-state index >= 15 is 0 Å². The molecule has 0 spiro atoms. The highest BCUT2D eigenvalue weighted by molar-refractivity contribution is 5.34. The Morgan fingerprint density at radius 1 is 1.15 bits per heavy atom. The SMILES string of the molecule is CN(C)C1(c2ccc(O)cc2)CC1. The lowest BCUT2D eigenvalue weighted by atomic mass is 10.0. The molecule has 2 nitrogen and oxygen atoms in total. The van der Waals surface area contributed by atoms with E-state index in [1.165, 1.54) is 18.4 Å². The molecule has 0 bridgehead atoms. The van der Waals surface area contributed by atoms with Crippen LogP contribution in [0.5, 0.6) is 5.75 Å². The molecule has 0 atom stereocenters. The zero-order valence-electron chi connectivity index (χ0n) is 8.12. The van der Waals surface area contributed by atoms with Crippen molar-refractivity contribution >= 4 is 0 Å². The zero-order chi connectivity index (χ0) is 9.47. The lowest BCUT2D eigenvalue weighted by Gasteiger charge is -2.24. The second-order valence-corrected chi connectivity index (χ2v) is 3.97. The molecule has 0 aliphatic heterocycles. The van der Waals surface area contributed by atoms with Crippen LogP contribution in [0.3, 0.4) is 0 Å². The molecule has 0 aromatic heterocycles. The second-order valence-electron chi connectivity index (χ2n) is 3.97. The molecule has 2 rings (SSSR count). The average molecular weight is 177 g/mol. The number of benzene rings is 1. The van der Waals surface area contributed by atoms with E-state index in [2.05, 4.69) is 19.0 Å². The quantitative estimate of drug-likeness (QED) is 0.746. The first-order valence-corrected chi connectivity index (χ1v) is 4.62. The summed E-state index contributed by atoms with van der Waals surface area (Å²) in [6.45, 7) is 0. The van der Waals surface area contributed by atoms with Crippen LogP contribution in [0.4, 0.5) is 0 Å². The van der Waals surface area contributed by atoms with Gasteiger partial charge in [0.1, 0.15) is 5.75 Å². The van der Waals surface area contributed by atoms with Gasteiger partial charge >= 0.3 is 0 Å². The van der Waals surface area contributed by atoms with Gasteiger partial charge in [0, 0.05) is 5.54 Å². The first kappa shape index (κ1) is 8.57. The van der Waals surface area contributed by atoms with Gasteiger partial charge in [-0.2, -0.15) is 0 Å². The van der Waals surface area contributed by atoms with Gasteiger partial charge in [0.25, 0.3) is 0 Å². The van der Waals surface area contributed by atoms with Gasteiger partial charge in [-0.05, 0) is 44.6 Å². The number of nitrogens with zero attached hydrogens (tertiary/aromatic N) is 1. The molecule has 0 amide bonds. The van der Waals surface area contributed by atoms with Gasteiger partial charge < -0.3 is 5.11 Å². The minimum absolute atomic E-state index is 0.258. The lowest BCUT2D eigenvalue weighted by molar-refractivity contribution is 0.275. The molecule has 1 aliphatic carbocycles. The summed E-state index contributed by atoms with van der Waals surface area (Å²) in [6.07, 6.45) is 2.45. The van der Waals surface area contributed by atoms with Crippen molar-refractivity contribution in [2.24, 2.45) is 0 Å². The van der Waals surface area contributed by atoms with Gasteiger partial charge in [-0.3, -0.25) is 4.90 Å². The fourth-order valence-corrected chi connectivity index (χ4v) is 1.88. The molecule has 1 N–H and O–H groups in total. The number of rotatable bonds is 2. The average Bonchev–Trinajstić information content (AvgIpc) is 2.86. The minimum Gasteiger partial charge on any atom is -0.508 e. The minimum atomic E-state index is 0.258. The van der Waals surface area contributed by atoms with Gasteiger partial charge in [0.2, 0.25) is 0 Å². The van der Waals surface area contributed by atoms with E-state index in [9.17, 15) is 0 Å². The predicted octanol–water partition coefficient (Wildman–Crippen LogP) is 1.94. The first-order valence-electron chi connectivity index (χ1n) is 4.62.